The van der Waals surface area contributed by atoms with E-state index in [2.05, 4.69) is 9.97 Å². The fourth-order valence-corrected chi connectivity index (χ4v) is 2.77. The number of H-pyrrole nitrogens is 1. The van der Waals surface area contributed by atoms with Crippen molar-refractivity contribution in [2.75, 3.05) is 5.75 Å². The quantitative estimate of drug-likeness (QED) is 0.497. The van der Waals surface area contributed by atoms with Crippen molar-refractivity contribution < 1.29 is 13.2 Å². The van der Waals surface area contributed by atoms with Gasteiger partial charge in [-0.1, -0.05) is 42.1 Å². The highest BCUT2D eigenvalue weighted by molar-refractivity contribution is 7.99. The lowest BCUT2D eigenvalue weighted by Gasteiger charge is -2.07. The Morgan fingerprint density at radius 3 is 2.55 bits per heavy atom. The second-order valence-corrected chi connectivity index (χ2v) is 5.81. The molecule has 0 unspecified atom stereocenters. The number of hydrogen-bond acceptors (Lipinski definition) is 3. The Kier molecular flexibility index (Phi) is 5.65. The maximum atomic E-state index is 12.6. The van der Waals surface area contributed by atoms with Gasteiger partial charge in [-0.25, -0.2) is 4.98 Å². The van der Waals surface area contributed by atoms with Crippen LogP contribution in [0, 0.1) is 0 Å². The summed E-state index contributed by atoms with van der Waals surface area (Å²) in [5, 5.41) is 0.0135. The maximum Gasteiger partial charge on any atom is 0.433 e. The fraction of sp³-hybridized carbons (Fsp3) is 0.333. The zero-order valence-corrected chi connectivity index (χ0v) is 12.5. The number of thioether (sulfide) groups is 1. The largest absolute Gasteiger partial charge is 0.433 e. The van der Waals surface area contributed by atoms with E-state index < -0.39 is 17.4 Å². The van der Waals surface area contributed by atoms with Gasteiger partial charge in [-0.15, -0.1) is 0 Å². The first-order valence-corrected chi connectivity index (χ1v) is 7.79. The summed E-state index contributed by atoms with van der Waals surface area (Å²) in [4.78, 5) is 17.0. The molecule has 0 bridgehead atoms. The number of hydrogen-bond donors (Lipinski definition) is 1. The van der Waals surface area contributed by atoms with Crippen molar-refractivity contribution in [1.82, 2.24) is 9.97 Å². The molecule has 1 aromatic heterocycles. The number of benzene rings is 1. The molecule has 0 aliphatic heterocycles. The normalized spacial score (nSPS) is 11.6. The van der Waals surface area contributed by atoms with Crippen molar-refractivity contribution in [2.45, 2.75) is 30.6 Å². The van der Waals surface area contributed by atoms with Crippen LogP contribution in [0.2, 0.25) is 0 Å². The van der Waals surface area contributed by atoms with Gasteiger partial charge in [0.15, 0.2) is 10.9 Å². The number of nitrogens with one attached hydrogen (secondary N) is 1. The van der Waals surface area contributed by atoms with Gasteiger partial charge in [-0.3, -0.25) is 4.79 Å². The highest BCUT2D eigenvalue weighted by Crippen LogP contribution is 2.27. The predicted octanol–water partition coefficient (Wildman–Crippen LogP) is 3.90. The average molecular weight is 328 g/mol. The molecule has 2 rings (SSSR count). The number of nitrogens with zero attached hydrogens (tertiary/aromatic N) is 1. The van der Waals surface area contributed by atoms with Crippen LogP contribution in [0.25, 0.3) is 0 Å². The van der Waals surface area contributed by atoms with E-state index in [4.69, 9.17) is 0 Å². The molecule has 7 heteroatoms. The summed E-state index contributed by atoms with van der Waals surface area (Å²) < 4.78 is 37.7. The van der Waals surface area contributed by atoms with Crippen LogP contribution in [-0.2, 0) is 12.6 Å². The molecule has 2 aromatic rings. The molecule has 3 nitrogen and oxygen atoms in total. The molecular formula is C15H15F3N2OS. The van der Waals surface area contributed by atoms with Gasteiger partial charge in [0.1, 0.15) is 0 Å². The third-order valence-electron chi connectivity index (χ3n) is 2.95. The molecule has 0 spiro atoms. The van der Waals surface area contributed by atoms with Crippen LogP contribution < -0.4 is 5.56 Å². The molecule has 0 amide bonds. The van der Waals surface area contributed by atoms with E-state index in [1.54, 1.807) is 0 Å². The summed E-state index contributed by atoms with van der Waals surface area (Å²) >= 11 is 1.13. The molecule has 0 atom stereocenters. The molecule has 0 aliphatic rings. The summed E-state index contributed by atoms with van der Waals surface area (Å²) in [5.74, 6) is 0.608. The van der Waals surface area contributed by atoms with Crippen molar-refractivity contribution >= 4 is 11.8 Å². The van der Waals surface area contributed by atoms with Gasteiger partial charge < -0.3 is 4.98 Å². The number of alkyl halides is 3. The van der Waals surface area contributed by atoms with Gasteiger partial charge in [0.25, 0.3) is 5.56 Å². The number of aryl methyl sites for hydroxylation is 1. The minimum Gasteiger partial charge on any atom is -0.301 e. The molecule has 0 fully saturated rings. The van der Waals surface area contributed by atoms with Crippen LogP contribution in [0.3, 0.4) is 0 Å². The van der Waals surface area contributed by atoms with Gasteiger partial charge in [-0.2, -0.15) is 13.2 Å². The van der Waals surface area contributed by atoms with E-state index in [1.807, 2.05) is 30.3 Å². The molecule has 22 heavy (non-hydrogen) atoms. The minimum absolute atomic E-state index is 0.0135. The number of aromatic amines is 1. The summed E-state index contributed by atoms with van der Waals surface area (Å²) in [6.07, 6.45) is -1.91. The standard InChI is InChI=1S/C15H15F3N2OS/c16-15(17,18)12-10-13(21)20-14(19-12)22-9-5-4-8-11-6-2-1-3-7-11/h1-3,6-7,10H,4-5,8-9H2,(H,19,20,21). The Labute approximate surface area is 130 Å². The lowest BCUT2D eigenvalue weighted by atomic mass is 10.1. The monoisotopic (exact) mass is 328 g/mol. The van der Waals surface area contributed by atoms with Crippen LogP contribution in [0.15, 0.2) is 46.3 Å². The molecule has 1 N–H and O–H groups in total. The zero-order valence-electron chi connectivity index (χ0n) is 11.7. The molecule has 118 valence electrons. The Balaban J connectivity index is 1.82. The second kappa shape index (κ2) is 7.49. The Morgan fingerprint density at radius 1 is 1.14 bits per heavy atom. The van der Waals surface area contributed by atoms with Crippen LogP contribution in [0.5, 0.6) is 0 Å². The Morgan fingerprint density at radius 2 is 1.86 bits per heavy atom. The highest BCUT2D eigenvalue weighted by Gasteiger charge is 2.33. The fourth-order valence-electron chi connectivity index (χ4n) is 1.89. The first-order valence-electron chi connectivity index (χ1n) is 6.80. The van der Waals surface area contributed by atoms with Gasteiger partial charge in [-0.05, 0) is 24.8 Å². The van der Waals surface area contributed by atoms with E-state index >= 15 is 0 Å². The number of halogens is 3. The third-order valence-corrected chi connectivity index (χ3v) is 3.91. The predicted molar refractivity (Wildman–Crippen MR) is 80.0 cm³/mol. The van der Waals surface area contributed by atoms with Crippen molar-refractivity contribution in [2.24, 2.45) is 0 Å². The van der Waals surface area contributed by atoms with Crippen LogP contribution in [0.1, 0.15) is 24.1 Å². The first kappa shape index (κ1) is 16.6. The lowest BCUT2D eigenvalue weighted by molar-refractivity contribution is -0.141. The van der Waals surface area contributed by atoms with Crippen LogP contribution in [0.4, 0.5) is 13.2 Å². The topological polar surface area (TPSA) is 45.8 Å². The number of rotatable bonds is 6. The van der Waals surface area contributed by atoms with E-state index in [0.29, 0.717) is 11.8 Å². The summed E-state index contributed by atoms with van der Waals surface area (Å²) in [5.41, 5.74) is -0.699. The summed E-state index contributed by atoms with van der Waals surface area (Å²) in [7, 11) is 0. The highest BCUT2D eigenvalue weighted by atomic mass is 32.2. The van der Waals surface area contributed by atoms with Crippen molar-refractivity contribution in [3.05, 3.63) is 58.0 Å². The molecule has 0 radical (unpaired) electrons. The second-order valence-electron chi connectivity index (χ2n) is 4.72. The molecule has 1 heterocycles. The van der Waals surface area contributed by atoms with Gasteiger partial charge in [0.05, 0.1) is 0 Å². The molecule has 0 aliphatic carbocycles. The van der Waals surface area contributed by atoms with Crippen molar-refractivity contribution in [3.8, 4) is 0 Å². The summed E-state index contributed by atoms with van der Waals surface area (Å²) in [6.45, 7) is 0. The van der Waals surface area contributed by atoms with Gasteiger partial charge in [0, 0.05) is 11.8 Å². The van der Waals surface area contributed by atoms with Crippen LogP contribution in [-0.4, -0.2) is 15.7 Å². The third kappa shape index (κ3) is 5.22. The van der Waals surface area contributed by atoms with E-state index in [-0.39, 0.29) is 5.16 Å². The van der Waals surface area contributed by atoms with Crippen molar-refractivity contribution in [3.63, 3.8) is 0 Å². The molecule has 0 saturated heterocycles. The van der Waals surface area contributed by atoms with Gasteiger partial charge in [0.2, 0.25) is 0 Å². The van der Waals surface area contributed by atoms with Crippen LogP contribution >= 0.6 is 11.8 Å². The van der Waals surface area contributed by atoms with Gasteiger partial charge >= 0.3 is 6.18 Å². The molecule has 1 aromatic carbocycles. The van der Waals surface area contributed by atoms with E-state index in [0.717, 1.165) is 31.0 Å². The number of aromatic nitrogens is 2. The Bertz CT molecular complexity index is 656. The molecular weight excluding hydrogens is 313 g/mol. The summed E-state index contributed by atoms with van der Waals surface area (Å²) in [6, 6.07) is 10.5. The van der Waals surface area contributed by atoms with E-state index in [1.165, 1.54) is 5.56 Å². The van der Waals surface area contributed by atoms with Crippen molar-refractivity contribution in [1.29, 1.82) is 0 Å². The lowest BCUT2D eigenvalue weighted by Crippen LogP contribution is -2.16. The number of unbranched alkanes of at least 4 members (excludes halogenated alkanes) is 1. The SMILES string of the molecule is O=c1cc(C(F)(F)F)nc(SCCCCc2ccccc2)[nH]1. The zero-order chi connectivity index (χ0) is 16.0. The smallest absolute Gasteiger partial charge is 0.301 e. The maximum absolute atomic E-state index is 12.6. The van der Waals surface area contributed by atoms with E-state index in [9.17, 15) is 18.0 Å². The Hall–Kier alpha value is -1.76. The first-order chi connectivity index (χ1) is 10.4. The molecule has 0 saturated carbocycles. The minimum atomic E-state index is -4.60. The average Bonchev–Trinajstić information content (AvgIpc) is 2.46.